The SMILES string of the molecule is CC/C=C\C/C=C\C/C=C\C/C=C\C/C=C\C/C=C\C/C=C\C/C=C\CCCCCCC(=O)NC(CO)C(O)CCCCCCCCCCCCCCCCCCCCCCCC. The average Bonchev–Trinajstić information content (AvgIpc) is 3.29. The molecule has 4 nitrogen and oxygen atoms in total. The lowest BCUT2D eigenvalue weighted by Crippen LogP contribution is -2.45. The first kappa shape index (κ1) is 60.3. The number of aliphatic hydroxyl groups excluding tert-OH is 2. The second-order valence-corrected chi connectivity index (χ2v) is 17.9. The van der Waals surface area contributed by atoms with Gasteiger partial charge in [-0.2, -0.15) is 0 Å². The molecule has 0 aromatic carbocycles. The van der Waals surface area contributed by atoms with E-state index >= 15 is 0 Å². The largest absolute Gasteiger partial charge is 0.394 e. The number of aliphatic hydroxyl groups is 2. The monoisotopic (exact) mass is 874 g/mol. The number of amides is 1. The Morgan fingerprint density at radius 2 is 0.698 bits per heavy atom. The van der Waals surface area contributed by atoms with Crippen LogP contribution in [0.1, 0.15) is 251 Å². The quantitative estimate of drug-likeness (QED) is 0.0421. The number of carbonyl (C=O) groups is 1. The lowest BCUT2D eigenvalue weighted by atomic mass is 10.0. The molecular formula is C59H103NO3. The summed E-state index contributed by atoms with van der Waals surface area (Å²) < 4.78 is 0. The Bertz CT molecular complexity index is 1170. The number of hydrogen-bond acceptors (Lipinski definition) is 3. The van der Waals surface area contributed by atoms with Crippen LogP contribution in [-0.2, 0) is 4.79 Å². The summed E-state index contributed by atoms with van der Waals surface area (Å²) in [4.78, 5) is 12.5. The molecule has 4 heteroatoms. The molecule has 0 radical (unpaired) electrons. The first-order valence-corrected chi connectivity index (χ1v) is 26.9. The molecule has 0 aromatic rings. The van der Waals surface area contributed by atoms with E-state index in [4.69, 9.17) is 0 Å². The van der Waals surface area contributed by atoms with Gasteiger partial charge >= 0.3 is 0 Å². The standard InChI is InChI=1S/C59H103NO3/c1-3-5-7-9-11-13-15-17-19-21-23-25-27-28-29-30-31-32-33-35-37-39-41-43-45-47-49-51-53-55-59(63)60-57(56-61)58(62)54-52-50-48-46-44-42-40-38-36-34-26-24-22-20-18-16-14-12-10-8-6-4-2/h5,7,11,13,17,19,23,25,28-29,31-32,35,37,41,43,57-58,61-62H,3-4,6,8-10,12,14-16,18,20-22,24,26-27,30,33-34,36,38-40,42,44-56H2,1-2H3,(H,60,63)/b7-5-,13-11-,19-17-,25-23-,29-28-,32-31-,37-35-,43-41-. The molecule has 0 heterocycles. The summed E-state index contributed by atoms with van der Waals surface area (Å²) in [7, 11) is 0. The van der Waals surface area contributed by atoms with E-state index in [1.54, 1.807) is 0 Å². The predicted octanol–water partition coefficient (Wildman–Crippen LogP) is 17.7. The van der Waals surface area contributed by atoms with Gasteiger partial charge in [-0.25, -0.2) is 0 Å². The van der Waals surface area contributed by atoms with E-state index in [2.05, 4.69) is 116 Å². The molecule has 0 aromatic heterocycles. The fourth-order valence-electron chi connectivity index (χ4n) is 7.79. The van der Waals surface area contributed by atoms with E-state index in [-0.39, 0.29) is 12.5 Å². The van der Waals surface area contributed by atoms with Gasteiger partial charge < -0.3 is 15.5 Å². The highest BCUT2D eigenvalue weighted by Crippen LogP contribution is 2.16. The Morgan fingerprint density at radius 1 is 0.397 bits per heavy atom. The summed E-state index contributed by atoms with van der Waals surface area (Å²) in [5.41, 5.74) is 0. The molecule has 0 bridgehead atoms. The van der Waals surface area contributed by atoms with Crippen LogP contribution in [0.15, 0.2) is 97.2 Å². The van der Waals surface area contributed by atoms with Gasteiger partial charge in [0.1, 0.15) is 0 Å². The smallest absolute Gasteiger partial charge is 0.220 e. The molecule has 2 unspecified atom stereocenters. The number of nitrogens with one attached hydrogen (secondary N) is 1. The number of rotatable bonds is 48. The lowest BCUT2D eigenvalue weighted by molar-refractivity contribution is -0.123. The third-order valence-corrected chi connectivity index (χ3v) is 11.9. The zero-order chi connectivity index (χ0) is 45.6. The van der Waals surface area contributed by atoms with Gasteiger partial charge in [-0.1, -0.05) is 265 Å². The van der Waals surface area contributed by atoms with Crippen LogP contribution >= 0.6 is 0 Å². The maximum atomic E-state index is 12.5. The van der Waals surface area contributed by atoms with Crippen LogP contribution in [0.2, 0.25) is 0 Å². The fourth-order valence-corrected chi connectivity index (χ4v) is 7.79. The van der Waals surface area contributed by atoms with Crippen molar-refractivity contribution in [3.8, 4) is 0 Å². The molecule has 0 aliphatic heterocycles. The third kappa shape index (κ3) is 50.2. The van der Waals surface area contributed by atoms with Crippen molar-refractivity contribution in [2.75, 3.05) is 6.61 Å². The molecular weight excluding hydrogens is 771 g/mol. The number of allylic oxidation sites excluding steroid dienone is 16. The van der Waals surface area contributed by atoms with E-state index < -0.39 is 12.1 Å². The Labute approximate surface area is 392 Å². The zero-order valence-corrected chi connectivity index (χ0v) is 41.6. The highest BCUT2D eigenvalue weighted by molar-refractivity contribution is 5.76. The van der Waals surface area contributed by atoms with Crippen LogP contribution in [0.5, 0.6) is 0 Å². The van der Waals surface area contributed by atoms with Gasteiger partial charge in [0.05, 0.1) is 18.8 Å². The Hall–Kier alpha value is -2.69. The molecule has 0 spiro atoms. The van der Waals surface area contributed by atoms with Crippen molar-refractivity contribution in [1.82, 2.24) is 5.32 Å². The highest BCUT2D eigenvalue weighted by atomic mass is 16.3. The summed E-state index contributed by atoms with van der Waals surface area (Å²) in [6.45, 7) is 4.24. The minimum absolute atomic E-state index is 0.0575. The van der Waals surface area contributed by atoms with E-state index in [1.165, 1.54) is 128 Å². The topological polar surface area (TPSA) is 69.6 Å². The molecule has 0 fully saturated rings. The van der Waals surface area contributed by atoms with Gasteiger partial charge in [0.15, 0.2) is 0 Å². The maximum Gasteiger partial charge on any atom is 0.220 e. The molecule has 63 heavy (non-hydrogen) atoms. The molecule has 0 rings (SSSR count). The first-order chi connectivity index (χ1) is 31.2. The molecule has 1 amide bonds. The van der Waals surface area contributed by atoms with Crippen molar-refractivity contribution >= 4 is 5.91 Å². The summed E-state index contributed by atoms with van der Waals surface area (Å²) in [6.07, 6.45) is 79.4. The minimum Gasteiger partial charge on any atom is -0.394 e. The molecule has 0 aliphatic carbocycles. The van der Waals surface area contributed by atoms with Crippen LogP contribution in [0.3, 0.4) is 0 Å². The number of carbonyl (C=O) groups excluding carboxylic acids is 1. The number of hydrogen-bond donors (Lipinski definition) is 3. The number of unbranched alkanes of at least 4 members (excludes halogenated alkanes) is 25. The fraction of sp³-hybridized carbons (Fsp3) is 0.712. The van der Waals surface area contributed by atoms with Crippen molar-refractivity contribution in [2.45, 2.75) is 264 Å². The van der Waals surface area contributed by atoms with E-state index in [9.17, 15) is 15.0 Å². The molecule has 0 saturated heterocycles. The molecule has 0 aliphatic rings. The maximum absolute atomic E-state index is 12.5. The van der Waals surface area contributed by atoms with Crippen LogP contribution in [0, 0.1) is 0 Å². The lowest BCUT2D eigenvalue weighted by Gasteiger charge is -2.22. The van der Waals surface area contributed by atoms with E-state index in [1.807, 2.05) is 0 Å². The van der Waals surface area contributed by atoms with Crippen molar-refractivity contribution in [3.63, 3.8) is 0 Å². The molecule has 3 N–H and O–H groups in total. The molecule has 0 saturated carbocycles. The van der Waals surface area contributed by atoms with E-state index in [0.717, 1.165) is 96.3 Å². The van der Waals surface area contributed by atoms with Crippen LogP contribution in [-0.4, -0.2) is 34.9 Å². The third-order valence-electron chi connectivity index (χ3n) is 11.9. The van der Waals surface area contributed by atoms with Crippen molar-refractivity contribution in [1.29, 1.82) is 0 Å². The highest BCUT2D eigenvalue weighted by Gasteiger charge is 2.20. The normalized spacial score (nSPS) is 13.7. The van der Waals surface area contributed by atoms with Crippen LogP contribution < -0.4 is 5.32 Å². The Balaban J connectivity index is 3.61. The second kappa shape index (κ2) is 53.6. The second-order valence-electron chi connectivity index (χ2n) is 17.9. The van der Waals surface area contributed by atoms with Gasteiger partial charge in [0.2, 0.25) is 5.91 Å². The molecule has 2 atom stereocenters. The van der Waals surface area contributed by atoms with Crippen molar-refractivity contribution in [3.05, 3.63) is 97.2 Å². The summed E-state index contributed by atoms with van der Waals surface area (Å²) in [5, 5.41) is 23.3. The van der Waals surface area contributed by atoms with Crippen LogP contribution in [0.4, 0.5) is 0 Å². The summed E-state index contributed by atoms with van der Waals surface area (Å²) in [5.74, 6) is -0.0575. The molecule has 362 valence electrons. The van der Waals surface area contributed by atoms with Crippen molar-refractivity contribution < 1.29 is 15.0 Å². The summed E-state index contributed by atoms with van der Waals surface area (Å²) >= 11 is 0. The summed E-state index contributed by atoms with van der Waals surface area (Å²) in [6, 6.07) is -0.558. The first-order valence-electron chi connectivity index (χ1n) is 26.9. The zero-order valence-electron chi connectivity index (χ0n) is 41.6. The van der Waals surface area contributed by atoms with Gasteiger partial charge in [-0.15, -0.1) is 0 Å². The van der Waals surface area contributed by atoms with E-state index in [0.29, 0.717) is 12.8 Å². The predicted molar refractivity (Wildman–Crippen MR) is 280 cm³/mol. The Morgan fingerprint density at radius 3 is 1.05 bits per heavy atom. The van der Waals surface area contributed by atoms with Crippen molar-refractivity contribution in [2.24, 2.45) is 0 Å². The average molecular weight is 874 g/mol. The van der Waals surface area contributed by atoms with Gasteiger partial charge in [-0.05, 0) is 77.0 Å². The Kier molecular flexibility index (Phi) is 51.4. The van der Waals surface area contributed by atoms with Crippen LogP contribution in [0.25, 0.3) is 0 Å². The van der Waals surface area contributed by atoms with Gasteiger partial charge in [0.25, 0.3) is 0 Å². The minimum atomic E-state index is -0.678. The van der Waals surface area contributed by atoms with Gasteiger partial charge in [-0.3, -0.25) is 4.79 Å². The van der Waals surface area contributed by atoms with Gasteiger partial charge in [0, 0.05) is 6.42 Å².